The third-order valence-electron chi connectivity index (χ3n) is 2.09. The van der Waals surface area contributed by atoms with Crippen molar-refractivity contribution in [3.8, 4) is 0 Å². The molecule has 16 heavy (non-hydrogen) atoms. The maximum Gasteiger partial charge on any atom is 0.325 e. The van der Waals surface area contributed by atoms with Crippen LogP contribution in [0.25, 0.3) is 11.0 Å². The fourth-order valence-electron chi connectivity index (χ4n) is 1.28. The van der Waals surface area contributed by atoms with Crippen LogP contribution in [0.1, 0.15) is 0 Å². The van der Waals surface area contributed by atoms with E-state index in [1.807, 2.05) is 24.3 Å². The first-order valence-corrected chi connectivity index (χ1v) is 4.82. The van der Waals surface area contributed by atoms with Crippen LogP contribution in [0.5, 0.6) is 0 Å². The van der Waals surface area contributed by atoms with Crippen molar-refractivity contribution in [3.63, 3.8) is 0 Å². The van der Waals surface area contributed by atoms with Crippen LogP contribution in [0.3, 0.4) is 0 Å². The van der Waals surface area contributed by atoms with Gasteiger partial charge in [0.25, 0.3) is 0 Å². The van der Waals surface area contributed by atoms with Crippen LogP contribution >= 0.6 is 0 Å². The number of fused-ring (bicyclic) bond motifs is 1. The zero-order valence-electron chi connectivity index (χ0n) is 8.80. The highest BCUT2D eigenvalue weighted by Crippen LogP contribution is 2.10. The molecule has 0 bridgehead atoms. The number of nitrogens with zero attached hydrogens (tertiary/aromatic N) is 2. The number of ether oxygens (including phenoxy) is 1. The minimum absolute atomic E-state index is 0.0868. The Morgan fingerprint density at radius 3 is 2.88 bits per heavy atom. The predicted molar refractivity (Wildman–Crippen MR) is 60.0 cm³/mol. The van der Waals surface area contributed by atoms with Gasteiger partial charge in [-0.15, -0.1) is 0 Å². The van der Waals surface area contributed by atoms with Gasteiger partial charge in [0, 0.05) is 0 Å². The molecule has 82 valence electrons. The summed E-state index contributed by atoms with van der Waals surface area (Å²) in [6, 6.07) is 7.54. The molecule has 0 radical (unpaired) electrons. The molecule has 1 aromatic carbocycles. The fourth-order valence-corrected chi connectivity index (χ4v) is 1.28. The van der Waals surface area contributed by atoms with Crippen molar-refractivity contribution >= 4 is 22.8 Å². The lowest BCUT2D eigenvalue weighted by Gasteiger charge is -2.04. The summed E-state index contributed by atoms with van der Waals surface area (Å²) in [5.74, 6) is 0.221. The van der Waals surface area contributed by atoms with E-state index in [0.29, 0.717) is 5.82 Å². The molecule has 1 N–H and O–H groups in total. The number of carbonyl (C=O) groups excluding carboxylic acids is 1. The summed E-state index contributed by atoms with van der Waals surface area (Å²) in [5, 5.41) is 2.84. The normalized spacial score (nSPS) is 10.1. The van der Waals surface area contributed by atoms with Crippen LogP contribution in [0.2, 0.25) is 0 Å². The van der Waals surface area contributed by atoms with Crippen molar-refractivity contribution in [2.45, 2.75) is 0 Å². The number of methoxy groups -OCH3 is 1. The lowest BCUT2D eigenvalue weighted by atomic mass is 10.3. The Labute approximate surface area is 92.5 Å². The summed E-state index contributed by atoms with van der Waals surface area (Å²) in [4.78, 5) is 19.4. The van der Waals surface area contributed by atoms with E-state index in [1.54, 1.807) is 6.20 Å². The number of anilines is 1. The molecule has 0 aliphatic rings. The maximum absolute atomic E-state index is 10.9. The molecule has 1 heterocycles. The average Bonchev–Trinajstić information content (AvgIpc) is 2.35. The van der Waals surface area contributed by atoms with Crippen LogP contribution in [-0.4, -0.2) is 29.6 Å². The lowest BCUT2D eigenvalue weighted by molar-refractivity contribution is -0.138. The van der Waals surface area contributed by atoms with Crippen molar-refractivity contribution in [1.82, 2.24) is 9.97 Å². The molecule has 0 saturated heterocycles. The van der Waals surface area contributed by atoms with E-state index < -0.39 is 0 Å². The van der Waals surface area contributed by atoms with Crippen molar-refractivity contribution in [3.05, 3.63) is 30.5 Å². The number of hydrogen-bond donors (Lipinski definition) is 1. The van der Waals surface area contributed by atoms with Gasteiger partial charge in [0.15, 0.2) is 0 Å². The fraction of sp³-hybridized carbons (Fsp3) is 0.182. The molecule has 5 heteroatoms. The molecule has 0 amide bonds. The summed E-state index contributed by atoms with van der Waals surface area (Å²) >= 11 is 0. The monoisotopic (exact) mass is 217 g/mol. The number of rotatable bonds is 3. The van der Waals surface area contributed by atoms with Crippen molar-refractivity contribution < 1.29 is 9.53 Å². The van der Waals surface area contributed by atoms with E-state index in [9.17, 15) is 4.79 Å². The molecule has 0 unspecified atom stereocenters. The van der Waals surface area contributed by atoms with E-state index in [4.69, 9.17) is 0 Å². The molecule has 0 spiro atoms. The molecule has 1 aromatic heterocycles. The molecule has 5 nitrogen and oxygen atoms in total. The first kappa shape index (κ1) is 10.4. The Kier molecular flexibility index (Phi) is 2.95. The summed E-state index contributed by atoms with van der Waals surface area (Å²) < 4.78 is 4.51. The molecule has 2 aromatic rings. The smallest absolute Gasteiger partial charge is 0.325 e. The lowest BCUT2D eigenvalue weighted by Crippen LogP contribution is -2.15. The van der Waals surface area contributed by atoms with E-state index in [0.717, 1.165) is 11.0 Å². The van der Waals surface area contributed by atoms with Gasteiger partial charge >= 0.3 is 5.97 Å². The minimum Gasteiger partial charge on any atom is -0.468 e. The standard InChI is InChI=1S/C11H11N3O2/c1-16-11(15)7-13-10-6-12-8-4-2-3-5-9(8)14-10/h2-6H,7H2,1H3,(H,13,14). The Bertz CT molecular complexity index is 513. The summed E-state index contributed by atoms with van der Waals surface area (Å²) in [7, 11) is 1.34. The Morgan fingerprint density at radius 1 is 1.38 bits per heavy atom. The largest absolute Gasteiger partial charge is 0.468 e. The van der Waals surface area contributed by atoms with Gasteiger partial charge in [-0.05, 0) is 12.1 Å². The highest BCUT2D eigenvalue weighted by atomic mass is 16.5. The number of esters is 1. The van der Waals surface area contributed by atoms with Gasteiger partial charge in [-0.3, -0.25) is 9.78 Å². The zero-order chi connectivity index (χ0) is 11.4. The molecular formula is C11H11N3O2. The third kappa shape index (κ3) is 2.25. The summed E-state index contributed by atoms with van der Waals surface area (Å²) in [6.07, 6.45) is 1.59. The number of aromatic nitrogens is 2. The molecule has 0 aliphatic heterocycles. The Balaban J connectivity index is 2.16. The number of benzene rings is 1. The summed E-state index contributed by atoms with van der Waals surface area (Å²) in [5.41, 5.74) is 1.61. The quantitative estimate of drug-likeness (QED) is 0.783. The second-order valence-corrected chi connectivity index (χ2v) is 3.17. The van der Waals surface area contributed by atoms with E-state index in [1.165, 1.54) is 7.11 Å². The number of para-hydroxylation sites is 2. The first-order chi connectivity index (χ1) is 7.79. The zero-order valence-corrected chi connectivity index (χ0v) is 8.80. The number of nitrogens with one attached hydrogen (secondary N) is 1. The van der Waals surface area contributed by atoms with Gasteiger partial charge in [-0.2, -0.15) is 0 Å². The number of hydrogen-bond acceptors (Lipinski definition) is 5. The van der Waals surface area contributed by atoms with E-state index in [2.05, 4.69) is 20.0 Å². The molecule has 2 rings (SSSR count). The highest BCUT2D eigenvalue weighted by Gasteiger charge is 2.02. The second kappa shape index (κ2) is 4.57. The van der Waals surface area contributed by atoms with Gasteiger partial charge in [0.2, 0.25) is 0 Å². The second-order valence-electron chi connectivity index (χ2n) is 3.17. The van der Waals surface area contributed by atoms with Crippen LogP contribution in [0, 0.1) is 0 Å². The molecule has 0 atom stereocenters. The van der Waals surface area contributed by atoms with Crippen LogP contribution < -0.4 is 5.32 Å². The Hall–Kier alpha value is -2.17. The van der Waals surface area contributed by atoms with E-state index >= 15 is 0 Å². The van der Waals surface area contributed by atoms with Crippen LogP contribution in [0.4, 0.5) is 5.82 Å². The molecule has 0 fully saturated rings. The van der Waals surface area contributed by atoms with Crippen LogP contribution in [-0.2, 0) is 9.53 Å². The predicted octanol–water partition coefficient (Wildman–Crippen LogP) is 1.21. The van der Waals surface area contributed by atoms with Gasteiger partial charge < -0.3 is 10.1 Å². The minimum atomic E-state index is -0.338. The Morgan fingerprint density at radius 2 is 2.12 bits per heavy atom. The van der Waals surface area contributed by atoms with Crippen molar-refractivity contribution in [2.75, 3.05) is 19.0 Å². The van der Waals surface area contributed by atoms with Crippen LogP contribution in [0.15, 0.2) is 30.5 Å². The number of carbonyl (C=O) groups is 1. The van der Waals surface area contributed by atoms with Crippen molar-refractivity contribution in [2.24, 2.45) is 0 Å². The highest BCUT2D eigenvalue weighted by molar-refractivity contribution is 5.77. The molecular weight excluding hydrogens is 206 g/mol. The van der Waals surface area contributed by atoms with Gasteiger partial charge in [0.1, 0.15) is 12.4 Å². The third-order valence-corrected chi connectivity index (χ3v) is 2.09. The topological polar surface area (TPSA) is 64.1 Å². The van der Waals surface area contributed by atoms with Gasteiger partial charge in [0.05, 0.1) is 24.3 Å². The van der Waals surface area contributed by atoms with Gasteiger partial charge in [-0.1, -0.05) is 12.1 Å². The average molecular weight is 217 g/mol. The SMILES string of the molecule is COC(=O)CNc1cnc2ccccc2n1. The molecule has 0 aliphatic carbocycles. The van der Waals surface area contributed by atoms with Gasteiger partial charge in [-0.25, -0.2) is 4.98 Å². The van der Waals surface area contributed by atoms with E-state index in [-0.39, 0.29) is 12.5 Å². The summed E-state index contributed by atoms with van der Waals surface area (Å²) in [6.45, 7) is 0.0868. The van der Waals surface area contributed by atoms with Crippen molar-refractivity contribution in [1.29, 1.82) is 0 Å². The first-order valence-electron chi connectivity index (χ1n) is 4.82. The molecule has 0 saturated carbocycles. The maximum atomic E-state index is 10.9.